The van der Waals surface area contributed by atoms with Crippen molar-refractivity contribution in [1.29, 1.82) is 0 Å². The Bertz CT molecular complexity index is 896. The van der Waals surface area contributed by atoms with Crippen LogP contribution in [0.1, 0.15) is 0 Å². The topological polar surface area (TPSA) is 3.24 Å². The van der Waals surface area contributed by atoms with Crippen molar-refractivity contribution in [3.8, 4) is 0 Å². The van der Waals surface area contributed by atoms with Gasteiger partial charge in [0.05, 0.1) is 0 Å². The van der Waals surface area contributed by atoms with Gasteiger partial charge in [-0.15, -0.1) is 66.5 Å². The second-order valence-corrected chi connectivity index (χ2v) is 24.2. The molecule has 0 saturated carbocycles. The van der Waals surface area contributed by atoms with Gasteiger partial charge >= 0.3 is 12.0 Å². The Hall–Kier alpha value is 0.141. The first-order valence-electron chi connectivity index (χ1n) is 8.21. The monoisotopic (exact) mass is 571 g/mol. The van der Waals surface area contributed by atoms with E-state index in [-0.39, 0.29) is 8.83 Å². The summed E-state index contributed by atoms with van der Waals surface area (Å²) in [5, 5.41) is 2.51. The molecule has 0 amide bonds. The third-order valence-corrected chi connectivity index (χ3v) is 11.3. The van der Waals surface area contributed by atoms with E-state index in [2.05, 4.69) is 4.90 Å². The first kappa shape index (κ1) is 23.8. The molecule has 3 aromatic rings. The highest BCUT2D eigenvalue weighted by molar-refractivity contribution is 7.70. The molecule has 11 heteroatoms. The van der Waals surface area contributed by atoms with Crippen LogP contribution in [0.2, 0.25) is 0 Å². The molecule has 1 nitrogen and oxygen atoms in total. The highest BCUT2D eigenvalue weighted by atomic mass is 35.8. The minimum atomic E-state index is -2.95. The number of hydrogen-bond donors (Lipinski definition) is 0. The number of anilines is 3. The van der Waals surface area contributed by atoms with Crippen molar-refractivity contribution in [3.05, 3.63) is 72.8 Å². The zero-order valence-electron chi connectivity index (χ0n) is 14.5. The Labute approximate surface area is 207 Å². The Kier molecular flexibility index (Phi) is 7.99. The van der Waals surface area contributed by atoms with E-state index in [1.165, 1.54) is 0 Å². The van der Waals surface area contributed by atoms with E-state index in [1.54, 1.807) is 0 Å². The summed E-state index contributed by atoms with van der Waals surface area (Å²) >= 11 is 42.7. The zero-order chi connectivity index (χ0) is 21.2. The second-order valence-electron chi connectivity index (χ2n) is 6.07. The summed E-state index contributed by atoms with van der Waals surface area (Å²) in [6.45, 7) is 0. The van der Waals surface area contributed by atoms with E-state index in [0.29, 0.717) is 0 Å². The first-order chi connectivity index (χ1) is 13.6. The Morgan fingerprint density at radius 2 is 0.828 bits per heavy atom. The van der Waals surface area contributed by atoms with Gasteiger partial charge in [-0.1, -0.05) is 36.4 Å². The standard InChI is InChI=1S/C18H12Cl7NSi3/c19-27-16-7-1-13(2-8-16)26(14-3-9-17(10-4-14)28(20,21)22)15-5-11-18(12-6-15)29(23,24)25/h1-12H. The third-order valence-electron chi connectivity index (χ3n) is 4.14. The molecule has 0 aliphatic heterocycles. The van der Waals surface area contributed by atoms with Crippen molar-refractivity contribution in [3.63, 3.8) is 0 Å². The number of rotatable bonds is 6. The van der Waals surface area contributed by atoms with E-state index < -0.39 is 12.0 Å². The lowest BCUT2D eigenvalue weighted by Gasteiger charge is -2.26. The first-order valence-corrected chi connectivity index (χ1v) is 20.3. The molecule has 0 fully saturated rings. The molecule has 2 radical (unpaired) electrons. The van der Waals surface area contributed by atoms with Crippen LogP contribution < -0.4 is 20.5 Å². The summed E-state index contributed by atoms with van der Waals surface area (Å²) < 4.78 is 0. The smallest absolute Gasteiger partial charge is 0.311 e. The third kappa shape index (κ3) is 6.10. The van der Waals surface area contributed by atoms with Crippen LogP contribution in [0.5, 0.6) is 0 Å². The number of hydrogen-bond acceptors (Lipinski definition) is 1. The number of benzene rings is 3. The molecule has 0 saturated heterocycles. The molecule has 0 aliphatic rings. The van der Waals surface area contributed by atoms with Gasteiger partial charge in [-0.2, -0.15) is 11.1 Å². The minimum Gasteiger partial charge on any atom is -0.311 e. The number of halogens is 7. The van der Waals surface area contributed by atoms with E-state index in [4.69, 9.17) is 77.6 Å². The van der Waals surface area contributed by atoms with Crippen LogP contribution >= 0.6 is 77.6 Å². The van der Waals surface area contributed by atoms with Crippen molar-refractivity contribution in [2.45, 2.75) is 0 Å². The van der Waals surface area contributed by atoms with Crippen LogP contribution in [0.15, 0.2) is 72.8 Å². The molecule has 150 valence electrons. The fourth-order valence-electron chi connectivity index (χ4n) is 2.72. The molecule has 0 heterocycles. The van der Waals surface area contributed by atoms with Gasteiger partial charge in [0.15, 0.2) is 0 Å². The largest absolute Gasteiger partial charge is 0.372 e. The lowest BCUT2D eigenvalue weighted by atomic mass is 10.2. The van der Waals surface area contributed by atoms with Crippen LogP contribution in [-0.4, -0.2) is 20.8 Å². The maximum atomic E-state index is 6.13. The van der Waals surface area contributed by atoms with E-state index in [0.717, 1.165) is 32.6 Å². The lowest BCUT2D eigenvalue weighted by molar-refractivity contribution is 1.29. The van der Waals surface area contributed by atoms with Crippen LogP contribution in [0.3, 0.4) is 0 Å². The highest BCUT2D eigenvalue weighted by Gasteiger charge is 2.29. The molecular formula is C18H12Cl7NSi3. The Morgan fingerprint density at radius 1 is 0.517 bits per heavy atom. The average molecular weight is 575 g/mol. The van der Waals surface area contributed by atoms with Crippen molar-refractivity contribution in [2.24, 2.45) is 0 Å². The van der Waals surface area contributed by atoms with Gasteiger partial charge in [0, 0.05) is 17.1 Å². The summed E-state index contributed by atoms with van der Waals surface area (Å²) in [6.07, 6.45) is 0. The van der Waals surface area contributed by atoms with E-state index in [9.17, 15) is 0 Å². The summed E-state index contributed by atoms with van der Waals surface area (Å²) in [5.41, 5.74) is 2.79. The van der Waals surface area contributed by atoms with E-state index in [1.807, 2.05) is 72.8 Å². The van der Waals surface area contributed by atoms with Crippen molar-refractivity contribution < 1.29 is 0 Å². The van der Waals surface area contributed by atoms with Crippen molar-refractivity contribution >= 4 is 131 Å². The van der Waals surface area contributed by atoms with Crippen LogP contribution in [0.4, 0.5) is 17.1 Å². The molecule has 0 N–H and O–H groups in total. The summed E-state index contributed by atoms with van der Waals surface area (Å²) in [4.78, 5) is 2.08. The summed E-state index contributed by atoms with van der Waals surface area (Å²) in [5.74, 6) is 0. The Morgan fingerprint density at radius 3 is 1.10 bits per heavy atom. The molecule has 29 heavy (non-hydrogen) atoms. The quantitative estimate of drug-likeness (QED) is 0.245. The molecule has 0 bridgehead atoms. The molecule has 0 spiro atoms. The van der Waals surface area contributed by atoms with Gasteiger partial charge in [-0.05, 0) is 52.0 Å². The molecule has 0 aromatic heterocycles. The normalized spacial score (nSPS) is 12.1. The lowest BCUT2D eigenvalue weighted by Crippen LogP contribution is -2.30. The van der Waals surface area contributed by atoms with Gasteiger partial charge in [-0.25, -0.2) is 0 Å². The fourth-order valence-corrected chi connectivity index (χ4v) is 6.75. The van der Waals surface area contributed by atoms with Gasteiger partial charge in [0.1, 0.15) is 0 Å². The SMILES string of the molecule is Cl[Si]c1ccc(N(c2ccc([Si](Cl)(Cl)Cl)cc2)c2ccc([Si](Cl)(Cl)Cl)cc2)cc1. The van der Waals surface area contributed by atoms with Crippen LogP contribution in [-0.2, 0) is 0 Å². The molecule has 3 rings (SSSR count). The van der Waals surface area contributed by atoms with Crippen LogP contribution in [0.25, 0.3) is 0 Å². The predicted molar refractivity (Wildman–Crippen MR) is 138 cm³/mol. The predicted octanol–water partition coefficient (Wildman–Crippen LogP) is 6.36. The average Bonchev–Trinajstić information content (AvgIpc) is 2.68. The summed E-state index contributed by atoms with van der Waals surface area (Å²) in [6, 6.07) is 17.2. The van der Waals surface area contributed by atoms with Gasteiger partial charge in [0.2, 0.25) is 8.83 Å². The molecule has 3 aromatic carbocycles. The maximum absolute atomic E-state index is 6.13. The zero-order valence-corrected chi connectivity index (χ0v) is 22.8. The van der Waals surface area contributed by atoms with Gasteiger partial charge < -0.3 is 4.90 Å². The van der Waals surface area contributed by atoms with E-state index >= 15 is 0 Å². The molecule has 0 aliphatic carbocycles. The van der Waals surface area contributed by atoms with Crippen molar-refractivity contribution in [2.75, 3.05) is 4.90 Å². The molecular weight excluding hydrogens is 563 g/mol. The number of nitrogens with zero attached hydrogens (tertiary/aromatic N) is 1. The minimum absolute atomic E-state index is 0.211. The van der Waals surface area contributed by atoms with Gasteiger partial charge in [-0.3, -0.25) is 0 Å². The second kappa shape index (κ2) is 9.74. The van der Waals surface area contributed by atoms with Crippen LogP contribution in [0, 0.1) is 0 Å². The molecule has 0 unspecified atom stereocenters. The van der Waals surface area contributed by atoms with Gasteiger partial charge in [0.25, 0.3) is 0 Å². The summed E-state index contributed by atoms with van der Waals surface area (Å²) in [7, 11) is 0.211. The fraction of sp³-hybridized carbons (Fsp3) is 0. The highest BCUT2D eigenvalue weighted by Crippen LogP contribution is 2.34. The van der Waals surface area contributed by atoms with Crippen molar-refractivity contribution in [1.82, 2.24) is 0 Å². The maximum Gasteiger partial charge on any atom is 0.372 e. The Balaban J connectivity index is 2.06. The molecule has 0 atom stereocenters.